The molecule has 0 fully saturated rings. The van der Waals surface area contributed by atoms with E-state index in [0.717, 1.165) is 40.4 Å². The van der Waals surface area contributed by atoms with E-state index in [2.05, 4.69) is 25.6 Å². The van der Waals surface area contributed by atoms with Crippen LogP contribution in [0.2, 0.25) is 0 Å². The maximum absolute atomic E-state index is 5.90. The Bertz CT molecular complexity index is 762. The standard InChI is InChI=1S/C16H17ClN4/c1-11-3-5-13(9-18-11)10-21-15(7-8-17)20-14-6-4-12(2)19-16(14)21/h3-6,9H,7-8,10H2,1-2H3. The molecular formula is C16H17ClN4. The summed E-state index contributed by atoms with van der Waals surface area (Å²) in [5.41, 5.74) is 4.97. The van der Waals surface area contributed by atoms with Crippen molar-refractivity contribution in [3.8, 4) is 0 Å². The van der Waals surface area contributed by atoms with E-state index in [1.165, 1.54) is 0 Å². The maximum atomic E-state index is 5.90. The highest BCUT2D eigenvalue weighted by atomic mass is 35.5. The SMILES string of the molecule is Cc1ccc(Cn2c(CCCl)nc3ccc(C)nc32)cn1. The molecule has 0 atom stereocenters. The molecule has 0 amide bonds. The number of imidazole rings is 1. The van der Waals surface area contributed by atoms with Crippen LogP contribution in [-0.2, 0) is 13.0 Å². The van der Waals surface area contributed by atoms with Gasteiger partial charge < -0.3 is 4.57 Å². The van der Waals surface area contributed by atoms with Crippen molar-refractivity contribution in [2.75, 3.05) is 5.88 Å². The molecule has 3 rings (SSSR count). The van der Waals surface area contributed by atoms with Gasteiger partial charge in [-0.2, -0.15) is 0 Å². The minimum Gasteiger partial charge on any atom is -0.308 e. The Kier molecular flexibility index (Phi) is 3.88. The van der Waals surface area contributed by atoms with Crippen LogP contribution in [-0.4, -0.2) is 25.4 Å². The van der Waals surface area contributed by atoms with Gasteiger partial charge in [0, 0.05) is 29.9 Å². The van der Waals surface area contributed by atoms with Gasteiger partial charge in [0.15, 0.2) is 5.65 Å². The van der Waals surface area contributed by atoms with E-state index >= 15 is 0 Å². The van der Waals surface area contributed by atoms with Crippen molar-refractivity contribution in [1.82, 2.24) is 19.5 Å². The molecule has 3 aromatic rings. The lowest BCUT2D eigenvalue weighted by atomic mass is 10.2. The number of aromatic nitrogens is 4. The molecule has 5 heteroatoms. The first-order valence-electron chi connectivity index (χ1n) is 6.97. The monoisotopic (exact) mass is 300 g/mol. The fourth-order valence-corrected chi connectivity index (χ4v) is 2.53. The highest BCUT2D eigenvalue weighted by Gasteiger charge is 2.12. The van der Waals surface area contributed by atoms with Crippen LogP contribution in [0.5, 0.6) is 0 Å². The van der Waals surface area contributed by atoms with Gasteiger partial charge in [-0.1, -0.05) is 6.07 Å². The maximum Gasteiger partial charge on any atom is 0.160 e. The Balaban J connectivity index is 2.07. The van der Waals surface area contributed by atoms with Crippen molar-refractivity contribution in [3.63, 3.8) is 0 Å². The second-order valence-corrected chi connectivity index (χ2v) is 5.53. The quantitative estimate of drug-likeness (QED) is 0.695. The molecular weight excluding hydrogens is 284 g/mol. The predicted octanol–water partition coefficient (Wildman–Crippen LogP) is 3.27. The second kappa shape index (κ2) is 5.82. The normalized spacial score (nSPS) is 11.2. The lowest BCUT2D eigenvalue weighted by Gasteiger charge is -2.08. The van der Waals surface area contributed by atoms with Crippen LogP contribution in [0.25, 0.3) is 11.2 Å². The van der Waals surface area contributed by atoms with Crippen molar-refractivity contribution in [1.29, 1.82) is 0 Å². The second-order valence-electron chi connectivity index (χ2n) is 5.16. The Morgan fingerprint density at radius 2 is 1.86 bits per heavy atom. The van der Waals surface area contributed by atoms with Crippen LogP contribution >= 0.6 is 11.6 Å². The number of pyridine rings is 2. The molecule has 0 aliphatic rings. The van der Waals surface area contributed by atoms with Crippen LogP contribution in [0, 0.1) is 13.8 Å². The summed E-state index contributed by atoms with van der Waals surface area (Å²) in [5, 5.41) is 0. The summed E-state index contributed by atoms with van der Waals surface area (Å²) < 4.78 is 2.14. The van der Waals surface area contributed by atoms with Gasteiger partial charge in [0.1, 0.15) is 11.3 Å². The lowest BCUT2D eigenvalue weighted by Crippen LogP contribution is -2.07. The largest absolute Gasteiger partial charge is 0.308 e. The zero-order valence-corrected chi connectivity index (χ0v) is 12.9. The summed E-state index contributed by atoms with van der Waals surface area (Å²) in [6, 6.07) is 8.11. The molecule has 108 valence electrons. The molecule has 0 saturated carbocycles. The number of halogens is 1. The van der Waals surface area contributed by atoms with E-state index in [4.69, 9.17) is 11.6 Å². The number of hydrogen-bond donors (Lipinski definition) is 0. The van der Waals surface area contributed by atoms with E-state index in [1.807, 2.05) is 38.2 Å². The molecule has 0 N–H and O–H groups in total. The molecule has 4 nitrogen and oxygen atoms in total. The summed E-state index contributed by atoms with van der Waals surface area (Å²) in [5.74, 6) is 1.52. The van der Waals surface area contributed by atoms with Crippen molar-refractivity contribution >= 4 is 22.8 Å². The first kappa shape index (κ1) is 14.0. The van der Waals surface area contributed by atoms with Gasteiger partial charge >= 0.3 is 0 Å². The minimum atomic E-state index is 0.550. The molecule has 21 heavy (non-hydrogen) atoms. The first-order valence-corrected chi connectivity index (χ1v) is 7.51. The number of nitrogens with zero attached hydrogens (tertiary/aromatic N) is 4. The molecule has 0 aliphatic carbocycles. The molecule has 0 radical (unpaired) electrons. The zero-order valence-electron chi connectivity index (χ0n) is 12.2. The minimum absolute atomic E-state index is 0.550. The van der Waals surface area contributed by atoms with E-state index < -0.39 is 0 Å². The highest BCUT2D eigenvalue weighted by Crippen LogP contribution is 2.17. The Hall–Kier alpha value is -1.94. The average Bonchev–Trinajstić information content (AvgIpc) is 2.79. The topological polar surface area (TPSA) is 43.6 Å². The molecule has 0 spiro atoms. The number of fused-ring (bicyclic) bond motifs is 1. The summed E-state index contributed by atoms with van der Waals surface area (Å²) in [6.45, 7) is 4.69. The van der Waals surface area contributed by atoms with Crippen molar-refractivity contribution < 1.29 is 0 Å². The molecule has 0 unspecified atom stereocenters. The molecule has 0 saturated heterocycles. The van der Waals surface area contributed by atoms with Crippen LogP contribution in [0.3, 0.4) is 0 Å². The molecule has 0 bridgehead atoms. The third-order valence-corrected chi connectivity index (χ3v) is 3.63. The van der Waals surface area contributed by atoms with Crippen molar-refractivity contribution in [2.24, 2.45) is 0 Å². The van der Waals surface area contributed by atoms with E-state index in [1.54, 1.807) is 0 Å². The summed E-state index contributed by atoms with van der Waals surface area (Å²) >= 11 is 5.90. The fourth-order valence-electron chi connectivity index (χ4n) is 2.36. The third kappa shape index (κ3) is 2.90. The first-order chi connectivity index (χ1) is 10.2. The number of aryl methyl sites for hydroxylation is 3. The number of alkyl halides is 1. The van der Waals surface area contributed by atoms with E-state index in [-0.39, 0.29) is 0 Å². The predicted molar refractivity (Wildman–Crippen MR) is 84.8 cm³/mol. The lowest BCUT2D eigenvalue weighted by molar-refractivity contribution is 0.743. The van der Waals surface area contributed by atoms with Crippen molar-refractivity contribution in [2.45, 2.75) is 26.8 Å². The molecule has 3 aromatic heterocycles. The van der Waals surface area contributed by atoms with Crippen LogP contribution in [0.4, 0.5) is 0 Å². The average molecular weight is 301 g/mol. The molecule has 0 aliphatic heterocycles. The van der Waals surface area contributed by atoms with Gasteiger partial charge in [-0.05, 0) is 37.6 Å². The van der Waals surface area contributed by atoms with Gasteiger partial charge in [0.25, 0.3) is 0 Å². The smallest absolute Gasteiger partial charge is 0.160 e. The highest BCUT2D eigenvalue weighted by molar-refractivity contribution is 6.17. The number of rotatable bonds is 4. The van der Waals surface area contributed by atoms with E-state index in [9.17, 15) is 0 Å². The summed E-state index contributed by atoms with van der Waals surface area (Å²) in [6.07, 6.45) is 2.64. The van der Waals surface area contributed by atoms with Crippen LogP contribution < -0.4 is 0 Å². The molecule has 3 heterocycles. The van der Waals surface area contributed by atoms with Gasteiger partial charge in [-0.15, -0.1) is 11.6 Å². The Morgan fingerprint density at radius 3 is 2.57 bits per heavy atom. The summed E-state index contributed by atoms with van der Waals surface area (Å²) in [4.78, 5) is 13.6. The van der Waals surface area contributed by atoms with Crippen molar-refractivity contribution in [3.05, 3.63) is 53.2 Å². The molecule has 0 aromatic carbocycles. The third-order valence-electron chi connectivity index (χ3n) is 3.44. The van der Waals surface area contributed by atoms with Crippen LogP contribution in [0.15, 0.2) is 30.5 Å². The summed E-state index contributed by atoms with van der Waals surface area (Å²) in [7, 11) is 0. The van der Waals surface area contributed by atoms with Gasteiger partial charge in [-0.3, -0.25) is 4.98 Å². The Morgan fingerprint density at radius 1 is 1.05 bits per heavy atom. The van der Waals surface area contributed by atoms with Crippen LogP contribution in [0.1, 0.15) is 22.8 Å². The van der Waals surface area contributed by atoms with Gasteiger partial charge in [0.05, 0.1) is 6.54 Å². The Labute approximate surface area is 128 Å². The van der Waals surface area contributed by atoms with E-state index in [0.29, 0.717) is 12.4 Å². The van der Waals surface area contributed by atoms with Gasteiger partial charge in [0.2, 0.25) is 0 Å². The zero-order chi connectivity index (χ0) is 14.8. The van der Waals surface area contributed by atoms with Gasteiger partial charge in [-0.25, -0.2) is 9.97 Å². The number of hydrogen-bond acceptors (Lipinski definition) is 3. The fraction of sp³-hybridized carbons (Fsp3) is 0.312.